The second kappa shape index (κ2) is 10.0. The highest BCUT2D eigenvalue weighted by Crippen LogP contribution is 2.41. The van der Waals surface area contributed by atoms with Gasteiger partial charge in [0, 0.05) is 20.6 Å². The molecule has 1 aliphatic heterocycles. The van der Waals surface area contributed by atoms with E-state index in [1.807, 2.05) is 0 Å². The number of esters is 1. The fourth-order valence-electron chi connectivity index (χ4n) is 3.40. The third-order valence-corrected chi connectivity index (χ3v) is 5.83. The molecule has 0 aromatic heterocycles. The van der Waals surface area contributed by atoms with E-state index in [1.165, 1.54) is 7.11 Å². The van der Waals surface area contributed by atoms with Gasteiger partial charge in [0.15, 0.2) is 0 Å². The standard InChI is InChI=1S/C26H27BrClNO6/c1-25(2,3)35-24(32)29-20-13-17(28)8-9-18(20)19(22(29)30)12-15-11-16(27)7-10-21(15)34-14-26(4,5)23(31)33-6/h7-13H,14H2,1-6H3. The van der Waals surface area contributed by atoms with Crippen LogP contribution in [0, 0.1) is 5.41 Å². The first-order chi connectivity index (χ1) is 16.2. The Labute approximate surface area is 218 Å². The maximum atomic E-state index is 13.4. The van der Waals surface area contributed by atoms with Crippen LogP contribution in [0.1, 0.15) is 45.7 Å². The molecule has 1 heterocycles. The molecule has 7 nitrogen and oxygen atoms in total. The van der Waals surface area contributed by atoms with Crippen LogP contribution in [0.15, 0.2) is 40.9 Å². The summed E-state index contributed by atoms with van der Waals surface area (Å²) >= 11 is 9.63. The number of hydrogen-bond donors (Lipinski definition) is 0. The van der Waals surface area contributed by atoms with Crippen molar-refractivity contribution in [2.45, 2.75) is 40.2 Å². The molecule has 0 aliphatic carbocycles. The number of anilines is 1. The molecule has 0 fully saturated rings. The third-order valence-electron chi connectivity index (χ3n) is 5.10. The van der Waals surface area contributed by atoms with Crippen LogP contribution in [-0.2, 0) is 19.1 Å². The van der Waals surface area contributed by atoms with Gasteiger partial charge in [-0.1, -0.05) is 33.6 Å². The van der Waals surface area contributed by atoms with E-state index in [-0.39, 0.29) is 12.2 Å². The molecule has 0 spiro atoms. The van der Waals surface area contributed by atoms with Crippen LogP contribution in [0.5, 0.6) is 5.75 Å². The summed E-state index contributed by atoms with van der Waals surface area (Å²) in [5.74, 6) is -0.492. The lowest BCUT2D eigenvalue weighted by atomic mass is 9.95. The second-order valence-corrected chi connectivity index (χ2v) is 11.0. The van der Waals surface area contributed by atoms with E-state index in [2.05, 4.69) is 15.9 Å². The van der Waals surface area contributed by atoms with Gasteiger partial charge in [-0.25, -0.2) is 9.69 Å². The number of hydrogen-bond acceptors (Lipinski definition) is 6. The molecule has 0 radical (unpaired) electrons. The Kier molecular flexibility index (Phi) is 7.67. The van der Waals surface area contributed by atoms with Gasteiger partial charge in [0.05, 0.1) is 23.8 Å². The van der Waals surface area contributed by atoms with Crippen LogP contribution in [0.25, 0.3) is 11.6 Å². The molecule has 1 aliphatic rings. The van der Waals surface area contributed by atoms with Crippen molar-refractivity contribution < 1.29 is 28.6 Å². The van der Waals surface area contributed by atoms with Gasteiger partial charge in [-0.3, -0.25) is 9.59 Å². The Bertz CT molecular complexity index is 1210. The van der Waals surface area contributed by atoms with Crippen molar-refractivity contribution in [3.05, 3.63) is 57.0 Å². The number of nitrogens with zero attached hydrogens (tertiary/aromatic N) is 1. The smallest absolute Gasteiger partial charge is 0.422 e. The molecule has 186 valence electrons. The van der Waals surface area contributed by atoms with E-state index in [0.717, 1.165) is 9.37 Å². The number of ether oxygens (including phenoxy) is 3. The zero-order chi connectivity index (χ0) is 26.1. The first kappa shape index (κ1) is 26.8. The molecule has 0 bridgehead atoms. The zero-order valence-electron chi connectivity index (χ0n) is 20.4. The maximum absolute atomic E-state index is 13.4. The lowest BCUT2D eigenvalue weighted by Crippen LogP contribution is -2.38. The summed E-state index contributed by atoms with van der Waals surface area (Å²) in [5, 5.41) is 0.378. The van der Waals surface area contributed by atoms with Gasteiger partial charge < -0.3 is 14.2 Å². The minimum atomic E-state index is -0.883. The Morgan fingerprint density at radius 1 is 1.09 bits per heavy atom. The van der Waals surface area contributed by atoms with Gasteiger partial charge in [-0.05, 0) is 71.0 Å². The first-order valence-corrected chi connectivity index (χ1v) is 12.0. The third kappa shape index (κ3) is 6.05. The lowest BCUT2D eigenvalue weighted by Gasteiger charge is -2.23. The number of carbonyl (C=O) groups is 3. The minimum Gasteiger partial charge on any atom is -0.492 e. The van der Waals surface area contributed by atoms with Crippen molar-refractivity contribution in [3.8, 4) is 5.75 Å². The fourth-order valence-corrected chi connectivity index (χ4v) is 3.95. The van der Waals surface area contributed by atoms with Crippen molar-refractivity contribution in [2.24, 2.45) is 5.41 Å². The van der Waals surface area contributed by atoms with Gasteiger partial charge in [0.2, 0.25) is 0 Å². The monoisotopic (exact) mass is 563 g/mol. The van der Waals surface area contributed by atoms with Crippen molar-refractivity contribution in [2.75, 3.05) is 18.6 Å². The Morgan fingerprint density at radius 2 is 1.77 bits per heavy atom. The predicted molar refractivity (Wildman–Crippen MR) is 138 cm³/mol. The quantitative estimate of drug-likeness (QED) is 0.304. The SMILES string of the molecule is COC(=O)C(C)(C)COc1ccc(Br)cc1C=C1C(=O)N(C(=O)OC(C)(C)C)c2cc(Cl)ccc21. The fraction of sp³-hybridized carbons (Fsp3) is 0.346. The molecule has 0 atom stereocenters. The Morgan fingerprint density at radius 3 is 2.40 bits per heavy atom. The Hall–Kier alpha value is -2.84. The molecule has 2 amide bonds. The van der Waals surface area contributed by atoms with E-state index in [1.54, 1.807) is 77.1 Å². The van der Waals surface area contributed by atoms with Gasteiger partial charge >= 0.3 is 12.1 Å². The van der Waals surface area contributed by atoms with Crippen molar-refractivity contribution in [3.63, 3.8) is 0 Å². The second-order valence-electron chi connectivity index (χ2n) is 9.69. The number of methoxy groups -OCH3 is 1. The highest BCUT2D eigenvalue weighted by Gasteiger charge is 2.39. The molecule has 0 N–H and O–H groups in total. The van der Waals surface area contributed by atoms with Crippen LogP contribution in [0.2, 0.25) is 5.02 Å². The normalized spacial score (nSPS) is 14.7. The van der Waals surface area contributed by atoms with Crippen LogP contribution >= 0.6 is 27.5 Å². The van der Waals surface area contributed by atoms with Crippen LogP contribution in [0.4, 0.5) is 10.5 Å². The highest BCUT2D eigenvalue weighted by molar-refractivity contribution is 9.10. The molecule has 9 heteroatoms. The molecule has 0 saturated carbocycles. The molecule has 0 saturated heterocycles. The van der Waals surface area contributed by atoms with Gasteiger partial charge in [-0.15, -0.1) is 0 Å². The van der Waals surface area contributed by atoms with Crippen molar-refractivity contribution in [1.82, 2.24) is 0 Å². The zero-order valence-corrected chi connectivity index (χ0v) is 22.7. The number of carbonyl (C=O) groups excluding carboxylic acids is 3. The summed E-state index contributed by atoms with van der Waals surface area (Å²) in [7, 11) is 1.32. The number of halogens is 2. The van der Waals surface area contributed by atoms with Gasteiger partial charge in [-0.2, -0.15) is 0 Å². The molecule has 2 aromatic carbocycles. The van der Waals surface area contributed by atoms with Crippen LogP contribution in [0.3, 0.4) is 0 Å². The summed E-state index contributed by atoms with van der Waals surface area (Å²) in [4.78, 5) is 39.4. The van der Waals surface area contributed by atoms with Crippen molar-refractivity contribution >= 4 is 62.8 Å². The van der Waals surface area contributed by atoms with E-state index < -0.39 is 29.0 Å². The van der Waals surface area contributed by atoms with Crippen molar-refractivity contribution in [1.29, 1.82) is 0 Å². The van der Waals surface area contributed by atoms with Crippen LogP contribution < -0.4 is 9.64 Å². The lowest BCUT2D eigenvalue weighted by molar-refractivity contribution is -0.152. The predicted octanol–water partition coefficient (Wildman–Crippen LogP) is 6.50. The summed E-state index contributed by atoms with van der Waals surface area (Å²) in [6.07, 6.45) is 0.852. The number of imide groups is 1. The highest BCUT2D eigenvalue weighted by atomic mass is 79.9. The van der Waals surface area contributed by atoms with E-state index in [9.17, 15) is 14.4 Å². The van der Waals surface area contributed by atoms with Crippen LogP contribution in [-0.4, -0.2) is 37.3 Å². The average molecular weight is 565 g/mol. The molecular weight excluding hydrogens is 538 g/mol. The summed E-state index contributed by atoms with van der Waals surface area (Å²) in [6, 6.07) is 10.2. The Balaban J connectivity index is 2.05. The minimum absolute atomic E-state index is 0.0572. The van der Waals surface area contributed by atoms with E-state index >= 15 is 0 Å². The number of fused-ring (bicyclic) bond motifs is 1. The number of rotatable bonds is 5. The summed E-state index contributed by atoms with van der Waals surface area (Å²) in [5.41, 5.74) is 0.0541. The average Bonchev–Trinajstić information content (AvgIpc) is 3.01. The summed E-state index contributed by atoms with van der Waals surface area (Å²) in [6.45, 7) is 8.66. The molecule has 2 aromatic rings. The maximum Gasteiger partial charge on any atom is 0.422 e. The largest absolute Gasteiger partial charge is 0.492 e. The number of benzene rings is 2. The van der Waals surface area contributed by atoms with E-state index in [0.29, 0.717) is 27.6 Å². The molecular formula is C26H27BrClNO6. The first-order valence-electron chi connectivity index (χ1n) is 10.8. The molecule has 0 unspecified atom stereocenters. The topological polar surface area (TPSA) is 82.1 Å². The molecule has 35 heavy (non-hydrogen) atoms. The molecule has 3 rings (SSSR count). The van der Waals surface area contributed by atoms with Gasteiger partial charge in [0.1, 0.15) is 18.0 Å². The van der Waals surface area contributed by atoms with Gasteiger partial charge in [0.25, 0.3) is 5.91 Å². The van der Waals surface area contributed by atoms with E-state index in [4.69, 9.17) is 25.8 Å². The summed E-state index contributed by atoms with van der Waals surface area (Å²) < 4.78 is 17.0. The number of amides is 2.